The number of hydrogen-bond donors (Lipinski definition) is 1. The number of nitrogens with one attached hydrogen (secondary N) is 1. The molecule has 0 radical (unpaired) electrons. The van der Waals surface area contributed by atoms with E-state index in [0.717, 1.165) is 43.8 Å². The van der Waals surface area contributed by atoms with Gasteiger partial charge in [0.1, 0.15) is 0 Å². The van der Waals surface area contributed by atoms with Crippen molar-refractivity contribution in [1.82, 2.24) is 4.90 Å². The van der Waals surface area contributed by atoms with E-state index in [0.29, 0.717) is 19.0 Å². The maximum Gasteiger partial charge on any atom is 0.241 e. The number of nitrogens with zero attached hydrogens (tertiary/aromatic N) is 1. The molecule has 5 nitrogen and oxygen atoms in total. The van der Waals surface area contributed by atoms with Crippen molar-refractivity contribution in [3.63, 3.8) is 0 Å². The van der Waals surface area contributed by atoms with E-state index in [1.807, 2.05) is 36.4 Å². The number of anilines is 1. The molecule has 2 heterocycles. The predicted molar refractivity (Wildman–Crippen MR) is 101 cm³/mol. The molecule has 2 aromatic carbocycles. The molecular weight excluding hydrogens is 328 g/mol. The summed E-state index contributed by atoms with van der Waals surface area (Å²) in [7, 11) is 0. The summed E-state index contributed by atoms with van der Waals surface area (Å²) in [5.74, 6) is 1.49. The molecule has 1 fully saturated rings. The van der Waals surface area contributed by atoms with Gasteiger partial charge in [-0.25, -0.2) is 0 Å². The van der Waals surface area contributed by atoms with Crippen LogP contribution in [0.5, 0.6) is 11.5 Å². The van der Waals surface area contributed by atoms with E-state index in [1.54, 1.807) is 0 Å². The number of likely N-dealkylation sites (tertiary alicyclic amines) is 1. The zero-order valence-corrected chi connectivity index (χ0v) is 14.8. The Hall–Kier alpha value is -2.53. The number of ether oxygens (including phenoxy) is 2. The second-order valence-corrected chi connectivity index (χ2v) is 6.82. The van der Waals surface area contributed by atoms with E-state index in [9.17, 15) is 4.79 Å². The normalized spacial score (nSPS) is 19.8. The lowest BCUT2D eigenvalue weighted by Crippen LogP contribution is -2.39. The van der Waals surface area contributed by atoms with Gasteiger partial charge in [-0.05, 0) is 37.1 Å². The van der Waals surface area contributed by atoms with Crippen LogP contribution in [-0.2, 0) is 11.3 Å². The summed E-state index contributed by atoms with van der Waals surface area (Å²) in [6, 6.07) is 15.8. The van der Waals surface area contributed by atoms with Gasteiger partial charge in [0, 0.05) is 24.7 Å². The lowest BCUT2D eigenvalue weighted by Gasteiger charge is -2.24. The van der Waals surface area contributed by atoms with E-state index in [4.69, 9.17) is 9.47 Å². The smallest absolute Gasteiger partial charge is 0.241 e. The molecule has 0 aliphatic carbocycles. The molecular formula is C21H24N2O3. The van der Waals surface area contributed by atoms with Crippen molar-refractivity contribution in [1.29, 1.82) is 0 Å². The Morgan fingerprint density at radius 3 is 2.69 bits per heavy atom. The summed E-state index contributed by atoms with van der Waals surface area (Å²) in [6.45, 7) is 3.06. The van der Waals surface area contributed by atoms with Crippen LogP contribution < -0.4 is 14.8 Å². The van der Waals surface area contributed by atoms with Crippen LogP contribution in [0.25, 0.3) is 0 Å². The lowest BCUT2D eigenvalue weighted by atomic mass is 10.1. The average molecular weight is 352 g/mol. The highest BCUT2D eigenvalue weighted by atomic mass is 16.5. The molecule has 0 spiro atoms. The number of rotatable bonds is 4. The molecule has 1 unspecified atom stereocenters. The van der Waals surface area contributed by atoms with Crippen molar-refractivity contribution < 1.29 is 14.3 Å². The van der Waals surface area contributed by atoms with Crippen molar-refractivity contribution in [2.45, 2.75) is 31.8 Å². The van der Waals surface area contributed by atoms with Gasteiger partial charge in [0.05, 0.1) is 19.3 Å². The van der Waals surface area contributed by atoms with Crippen LogP contribution in [-0.4, -0.2) is 36.6 Å². The number of carbonyl (C=O) groups excluding carboxylic acids is 1. The largest absolute Gasteiger partial charge is 0.490 e. The molecule has 2 aliphatic rings. The highest BCUT2D eigenvalue weighted by Gasteiger charge is 2.30. The Labute approximate surface area is 153 Å². The Bertz CT molecular complexity index is 763. The molecule has 1 saturated heterocycles. The minimum absolute atomic E-state index is 0.0490. The summed E-state index contributed by atoms with van der Waals surface area (Å²) < 4.78 is 11.4. The molecule has 0 aromatic heterocycles. The highest BCUT2D eigenvalue weighted by molar-refractivity contribution is 5.95. The third-order valence-electron chi connectivity index (χ3n) is 4.91. The van der Waals surface area contributed by atoms with Crippen molar-refractivity contribution in [2.75, 3.05) is 25.1 Å². The Kier molecular flexibility index (Phi) is 5.07. The Morgan fingerprint density at radius 2 is 1.85 bits per heavy atom. The quantitative estimate of drug-likeness (QED) is 0.916. The standard InChI is InChI=1S/C21H24N2O3/c24-21(18-8-4-11-23(18)15-16-6-2-1-3-7-16)22-17-9-10-19-20(14-17)26-13-5-12-25-19/h1-3,6-7,9-10,14,18H,4-5,8,11-13,15H2,(H,22,24). The third-order valence-corrected chi connectivity index (χ3v) is 4.91. The number of amides is 1. The van der Waals surface area contributed by atoms with Gasteiger partial charge < -0.3 is 14.8 Å². The van der Waals surface area contributed by atoms with E-state index in [-0.39, 0.29) is 11.9 Å². The first kappa shape index (κ1) is 16.9. The SMILES string of the molecule is O=C(Nc1ccc2c(c1)OCCCO2)C1CCCN1Cc1ccccc1. The van der Waals surface area contributed by atoms with Crippen molar-refractivity contribution >= 4 is 11.6 Å². The molecule has 1 amide bonds. The zero-order valence-electron chi connectivity index (χ0n) is 14.8. The molecule has 2 aliphatic heterocycles. The first-order valence-electron chi connectivity index (χ1n) is 9.28. The fourth-order valence-electron chi connectivity index (χ4n) is 3.60. The maximum atomic E-state index is 12.8. The first-order valence-corrected chi connectivity index (χ1v) is 9.28. The lowest BCUT2D eigenvalue weighted by molar-refractivity contribution is -0.120. The second kappa shape index (κ2) is 7.79. The van der Waals surface area contributed by atoms with Gasteiger partial charge in [-0.15, -0.1) is 0 Å². The number of carbonyl (C=O) groups is 1. The molecule has 0 bridgehead atoms. The monoisotopic (exact) mass is 352 g/mol. The fraction of sp³-hybridized carbons (Fsp3) is 0.381. The van der Waals surface area contributed by atoms with E-state index in [1.165, 1.54) is 5.56 Å². The van der Waals surface area contributed by atoms with Crippen molar-refractivity contribution in [3.8, 4) is 11.5 Å². The van der Waals surface area contributed by atoms with Crippen LogP contribution in [0, 0.1) is 0 Å². The molecule has 136 valence electrons. The summed E-state index contributed by atoms with van der Waals surface area (Å²) >= 11 is 0. The number of benzene rings is 2. The molecule has 1 N–H and O–H groups in total. The summed E-state index contributed by atoms with van der Waals surface area (Å²) in [4.78, 5) is 15.1. The van der Waals surface area contributed by atoms with Gasteiger partial charge in [-0.1, -0.05) is 30.3 Å². The van der Waals surface area contributed by atoms with Gasteiger partial charge in [0.2, 0.25) is 5.91 Å². The second-order valence-electron chi connectivity index (χ2n) is 6.82. The van der Waals surface area contributed by atoms with Crippen LogP contribution in [0.15, 0.2) is 48.5 Å². The van der Waals surface area contributed by atoms with Crippen LogP contribution in [0.4, 0.5) is 5.69 Å². The van der Waals surface area contributed by atoms with Gasteiger partial charge in [-0.3, -0.25) is 9.69 Å². The van der Waals surface area contributed by atoms with Gasteiger partial charge >= 0.3 is 0 Å². The Balaban J connectivity index is 1.43. The molecule has 26 heavy (non-hydrogen) atoms. The van der Waals surface area contributed by atoms with Crippen LogP contribution in [0.3, 0.4) is 0 Å². The topological polar surface area (TPSA) is 50.8 Å². The molecule has 5 heteroatoms. The van der Waals surface area contributed by atoms with Crippen LogP contribution in [0.2, 0.25) is 0 Å². The third kappa shape index (κ3) is 3.83. The first-order chi connectivity index (χ1) is 12.8. The van der Waals surface area contributed by atoms with Gasteiger partial charge in [-0.2, -0.15) is 0 Å². The minimum Gasteiger partial charge on any atom is -0.490 e. The zero-order chi connectivity index (χ0) is 17.8. The van der Waals surface area contributed by atoms with E-state index >= 15 is 0 Å². The van der Waals surface area contributed by atoms with Gasteiger partial charge in [0.15, 0.2) is 11.5 Å². The van der Waals surface area contributed by atoms with Gasteiger partial charge in [0.25, 0.3) is 0 Å². The summed E-state index contributed by atoms with van der Waals surface area (Å²) in [6.07, 6.45) is 2.81. The van der Waals surface area contributed by atoms with E-state index in [2.05, 4.69) is 22.3 Å². The average Bonchev–Trinajstić information content (AvgIpc) is 2.99. The number of hydrogen-bond acceptors (Lipinski definition) is 4. The van der Waals surface area contributed by atoms with Crippen LogP contribution in [0.1, 0.15) is 24.8 Å². The fourth-order valence-corrected chi connectivity index (χ4v) is 3.60. The highest BCUT2D eigenvalue weighted by Crippen LogP contribution is 2.32. The van der Waals surface area contributed by atoms with E-state index < -0.39 is 0 Å². The minimum atomic E-state index is -0.0915. The summed E-state index contributed by atoms with van der Waals surface area (Å²) in [5.41, 5.74) is 1.99. The predicted octanol–water partition coefficient (Wildman–Crippen LogP) is 3.45. The maximum absolute atomic E-state index is 12.8. The molecule has 2 aromatic rings. The summed E-state index contributed by atoms with van der Waals surface area (Å²) in [5, 5.41) is 3.05. The van der Waals surface area contributed by atoms with Crippen molar-refractivity contribution in [2.24, 2.45) is 0 Å². The van der Waals surface area contributed by atoms with Crippen LogP contribution >= 0.6 is 0 Å². The number of fused-ring (bicyclic) bond motifs is 1. The molecule has 1 atom stereocenters. The van der Waals surface area contributed by atoms with Crippen molar-refractivity contribution in [3.05, 3.63) is 54.1 Å². The molecule has 0 saturated carbocycles. The molecule has 4 rings (SSSR count). The Morgan fingerprint density at radius 1 is 1.04 bits per heavy atom.